The first-order chi connectivity index (χ1) is 17.0. The van der Waals surface area contributed by atoms with E-state index in [1.54, 1.807) is 16.7 Å². The SMILES string of the molecule is CC1Cc2c(-c3ccccc3)cccc2C1[Si](C)(C)C1C(C)CC2C(c3ccccc3)=CC=CC21. The van der Waals surface area contributed by atoms with Crippen LogP contribution in [0.3, 0.4) is 0 Å². The zero-order valence-corrected chi connectivity index (χ0v) is 22.6. The second kappa shape index (κ2) is 8.78. The molecule has 0 radical (unpaired) electrons. The van der Waals surface area contributed by atoms with E-state index in [9.17, 15) is 0 Å². The highest BCUT2D eigenvalue weighted by Gasteiger charge is 2.54. The number of hydrogen-bond acceptors (Lipinski definition) is 0. The summed E-state index contributed by atoms with van der Waals surface area (Å²) in [7, 11) is -1.66. The zero-order valence-electron chi connectivity index (χ0n) is 21.6. The van der Waals surface area contributed by atoms with Gasteiger partial charge in [0, 0.05) is 0 Å². The third-order valence-corrected chi connectivity index (χ3v) is 14.8. The third-order valence-electron chi connectivity index (χ3n) is 9.62. The van der Waals surface area contributed by atoms with E-state index >= 15 is 0 Å². The van der Waals surface area contributed by atoms with Crippen molar-refractivity contribution in [1.29, 1.82) is 0 Å². The zero-order chi connectivity index (χ0) is 24.2. The predicted octanol–water partition coefficient (Wildman–Crippen LogP) is 9.17. The van der Waals surface area contributed by atoms with Crippen LogP contribution in [0.2, 0.25) is 18.6 Å². The summed E-state index contributed by atoms with van der Waals surface area (Å²) in [4.78, 5) is 0. The number of allylic oxidation sites excluding steroid dienone is 4. The fourth-order valence-electron chi connectivity index (χ4n) is 8.60. The monoisotopic (exact) mass is 474 g/mol. The van der Waals surface area contributed by atoms with Gasteiger partial charge in [0.1, 0.15) is 0 Å². The first-order valence-electron chi connectivity index (χ1n) is 13.6. The molecule has 0 saturated heterocycles. The largest absolute Gasteiger partial charge is 0.0808 e. The molecule has 1 saturated carbocycles. The Balaban J connectivity index is 1.37. The van der Waals surface area contributed by atoms with Gasteiger partial charge in [0.05, 0.1) is 8.07 Å². The van der Waals surface area contributed by atoms with Crippen molar-refractivity contribution in [2.75, 3.05) is 0 Å². The van der Waals surface area contributed by atoms with Gasteiger partial charge in [0.15, 0.2) is 0 Å². The van der Waals surface area contributed by atoms with Crippen LogP contribution in [0.1, 0.15) is 42.5 Å². The molecule has 1 fully saturated rings. The lowest BCUT2D eigenvalue weighted by molar-refractivity contribution is 0.516. The maximum atomic E-state index is 2.73. The molecular formula is C34H38Si. The van der Waals surface area contributed by atoms with Crippen molar-refractivity contribution in [3.63, 3.8) is 0 Å². The van der Waals surface area contributed by atoms with Gasteiger partial charge >= 0.3 is 0 Å². The van der Waals surface area contributed by atoms with Crippen molar-refractivity contribution in [2.45, 2.75) is 50.9 Å². The fourth-order valence-corrected chi connectivity index (χ4v) is 14.6. The molecule has 0 aromatic heterocycles. The van der Waals surface area contributed by atoms with E-state index in [-0.39, 0.29) is 0 Å². The van der Waals surface area contributed by atoms with Crippen LogP contribution in [0.4, 0.5) is 0 Å². The Hall–Kier alpha value is -2.64. The van der Waals surface area contributed by atoms with Crippen molar-refractivity contribution in [3.05, 3.63) is 114 Å². The summed E-state index contributed by atoms with van der Waals surface area (Å²) >= 11 is 0. The molecule has 6 unspecified atom stereocenters. The number of hydrogen-bond donors (Lipinski definition) is 0. The minimum Gasteiger partial charge on any atom is -0.0808 e. The molecule has 0 N–H and O–H groups in total. The summed E-state index contributed by atoms with van der Waals surface area (Å²) in [6, 6.07) is 29.3. The molecule has 0 amide bonds. The van der Waals surface area contributed by atoms with Crippen LogP contribution in [0, 0.1) is 23.7 Å². The van der Waals surface area contributed by atoms with Gasteiger partial charge in [-0.3, -0.25) is 0 Å². The van der Waals surface area contributed by atoms with Crippen LogP contribution in [0.5, 0.6) is 0 Å². The highest BCUT2D eigenvalue weighted by molar-refractivity contribution is 6.80. The van der Waals surface area contributed by atoms with Gasteiger partial charge in [-0.1, -0.05) is 124 Å². The molecule has 3 aliphatic rings. The van der Waals surface area contributed by atoms with E-state index in [0.29, 0.717) is 11.8 Å². The van der Waals surface area contributed by atoms with Crippen molar-refractivity contribution in [3.8, 4) is 11.1 Å². The van der Waals surface area contributed by atoms with Crippen LogP contribution < -0.4 is 0 Å². The van der Waals surface area contributed by atoms with Gasteiger partial charge in [-0.25, -0.2) is 0 Å². The molecule has 0 bridgehead atoms. The number of rotatable bonds is 4. The summed E-state index contributed by atoms with van der Waals surface area (Å²) in [5.41, 5.74) is 10.7. The molecule has 3 aromatic carbocycles. The highest BCUT2D eigenvalue weighted by Crippen LogP contribution is 2.61. The maximum absolute atomic E-state index is 2.73. The summed E-state index contributed by atoms with van der Waals surface area (Å²) in [5.74, 6) is 2.84. The molecule has 6 rings (SSSR count). The van der Waals surface area contributed by atoms with Crippen LogP contribution in [0.25, 0.3) is 16.7 Å². The van der Waals surface area contributed by atoms with Gasteiger partial charge in [0.2, 0.25) is 0 Å². The molecule has 178 valence electrons. The topological polar surface area (TPSA) is 0 Å². The van der Waals surface area contributed by atoms with Crippen molar-refractivity contribution >= 4 is 13.6 Å². The van der Waals surface area contributed by atoms with Gasteiger partial charge in [-0.15, -0.1) is 0 Å². The average molecular weight is 475 g/mol. The molecule has 3 aliphatic carbocycles. The lowest BCUT2D eigenvalue weighted by atomic mass is 9.81. The second-order valence-electron chi connectivity index (χ2n) is 12.0. The van der Waals surface area contributed by atoms with E-state index in [0.717, 1.165) is 22.9 Å². The van der Waals surface area contributed by atoms with E-state index in [1.807, 2.05) is 0 Å². The van der Waals surface area contributed by atoms with E-state index < -0.39 is 8.07 Å². The van der Waals surface area contributed by atoms with Gasteiger partial charge in [0.25, 0.3) is 0 Å². The van der Waals surface area contributed by atoms with Crippen molar-refractivity contribution < 1.29 is 0 Å². The Bertz CT molecular complexity index is 1270. The fraction of sp³-hybridized carbons (Fsp3) is 0.353. The van der Waals surface area contributed by atoms with Crippen LogP contribution in [0.15, 0.2) is 97.1 Å². The lowest BCUT2D eigenvalue weighted by Crippen LogP contribution is -2.45. The Kier molecular flexibility index (Phi) is 5.72. The maximum Gasteiger partial charge on any atom is 0.0594 e. The minimum atomic E-state index is -1.66. The van der Waals surface area contributed by atoms with E-state index in [1.165, 1.54) is 29.5 Å². The summed E-state index contributed by atoms with van der Waals surface area (Å²) in [5, 5.41) is 0. The van der Waals surface area contributed by atoms with Crippen molar-refractivity contribution in [1.82, 2.24) is 0 Å². The Morgan fingerprint density at radius 3 is 2.14 bits per heavy atom. The lowest BCUT2D eigenvalue weighted by Gasteiger charge is -2.44. The average Bonchev–Trinajstić information content (AvgIpc) is 3.41. The van der Waals surface area contributed by atoms with E-state index in [2.05, 4.69) is 124 Å². The first-order valence-corrected chi connectivity index (χ1v) is 16.7. The summed E-state index contributed by atoms with van der Waals surface area (Å²) < 4.78 is 0. The number of benzene rings is 3. The molecule has 0 heterocycles. The summed E-state index contributed by atoms with van der Waals surface area (Å²) in [6.07, 6.45) is 9.91. The molecule has 3 aromatic rings. The highest BCUT2D eigenvalue weighted by atomic mass is 28.3. The molecule has 0 nitrogen and oxygen atoms in total. The normalized spacial score (nSPS) is 29.5. The smallest absolute Gasteiger partial charge is 0.0594 e. The second-order valence-corrected chi connectivity index (χ2v) is 16.9. The van der Waals surface area contributed by atoms with Gasteiger partial charge in [-0.2, -0.15) is 0 Å². The third kappa shape index (κ3) is 3.71. The quantitative estimate of drug-likeness (QED) is 0.331. The minimum absolute atomic E-state index is 0.668. The summed E-state index contributed by atoms with van der Waals surface area (Å²) in [6.45, 7) is 10.6. The Morgan fingerprint density at radius 1 is 0.743 bits per heavy atom. The van der Waals surface area contributed by atoms with E-state index in [4.69, 9.17) is 0 Å². The molecule has 0 aliphatic heterocycles. The van der Waals surface area contributed by atoms with Crippen LogP contribution in [-0.4, -0.2) is 8.07 Å². The number of fused-ring (bicyclic) bond motifs is 2. The molecule has 6 atom stereocenters. The van der Waals surface area contributed by atoms with Gasteiger partial charge < -0.3 is 0 Å². The Labute approximate surface area is 212 Å². The predicted molar refractivity (Wildman–Crippen MR) is 153 cm³/mol. The van der Waals surface area contributed by atoms with Crippen LogP contribution >= 0.6 is 0 Å². The van der Waals surface area contributed by atoms with Gasteiger partial charge in [-0.05, 0) is 81.0 Å². The molecular weight excluding hydrogens is 436 g/mol. The Morgan fingerprint density at radius 2 is 1.43 bits per heavy atom. The molecule has 35 heavy (non-hydrogen) atoms. The first kappa shape index (κ1) is 22.8. The van der Waals surface area contributed by atoms with Crippen molar-refractivity contribution in [2.24, 2.45) is 23.7 Å². The standard InChI is InChI=1S/C34H38Si/c1-23-21-31-27(25-13-7-5-8-14-25)17-11-19-29(31)33(23)35(3,4)34-24(2)22-32-28(18-12-20-30(32)34)26-15-9-6-10-16-26/h5-20,23-24,29,31,33-34H,21-22H2,1-4H3. The molecule has 0 spiro atoms. The van der Waals surface area contributed by atoms with Crippen LogP contribution in [-0.2, 0) is 6.42 Å². The molecule has 1 heteroatoms.